The first kappa shape index (κ1) is 21.0. The monoisotopic (exact) mass is 456 g/mol. The van der Waals surface area contributed by atoms with Gasteiger partial charge in [0, 0.05) is 35.5 Å². The summed E-state index contributed by atoms with van der Waals surface area (Å²) in [5.74, 6) is -0.575. The van der Waals surface area contributed by atoms with E-state index >= 15 is 0 Å². The number of aliphatic hydroxyl groups is 1. The van der Waals surface area contributed by atoms with E-state index in [1.807, 2.05) is 6.07 Å². The summed E-state index contributed by atoms with van der Waals surface area (Å²) in [5.41, 5.74) is 3.01. The van der Waals surface area contributed by atoms with Crippen molar-refractivity contribution < 1.29 is 19.1 Å². The molecule has 3 aliphatic rings. The van der Waals surface area contributed by atoms with Gasteiger partial charge in [-0.3, -0.25) is 14.6 Å². The van der Waals surface area contributed by atoms with Crippen molar-refractivity contribution in [1.29, 1.82) is 0 Å². The van der Waals surface area contributed by atoms with E-state index in [9.17, 15) is 19.5 Å². The lowest BCUT2D eigenvalue weighted by atomic mass is 9.90. The number of thioether (sulfide) groups is 1. The summed E-state index contributed by atoms with van der Waals surface area (Å²) >= 11 is 1.39. The van der Waals surface area contributed by atoms with Gasteiger partial charge in [0.25, 0.3) is 11.8 Å². The summed E-state index contributed by atoms with van der Waals surface area (Å²) in [6, 6.07) is 2.32. The minimum atomic E-state index is -1.21. The third kappa shape index (κ3) is 3.77. The van der Waals surface area contributed by atoms with E-state index in [0.717, 1.165) is 50.1 Å². The number of nitrogens with zero attached hydrogens (tertiary/aromatic N) is 2. The topological polar surface area (TPSA) is 124 Å². The number of nitrogens with one attached hydrogen (secondary N) is 2. The van der Waals surface area contributed by atoms with E-state index in [-0.39, 0.29) is 5.56 Å². The third-order valence-electron chi connectivity index (χ3n) is 6.08. The maximum absolute atomic E-state index is 12.8. The minimum absolute atomic E-state index is 0.188. The summed E-state index contributed by atoms with van der Waals surface area (Å²) in [6.07, 6.45) is 3.84. The summed E-state index contributed by atoms with van der Waals surface area (Å²) < 4.78 is 5.64. The highest BCUT2D eigenvalue weighted by Crippen LogP contribution is 2.39. The van der Waals surface area contributed by atoms with Crippen molar-refractivity contribution in [2.24, 2.45) is 4.99 Å². The zero-order valence-corrected chi connectivity index (χ0v) is 18.3. The molecular weight excluding hydrogens is 432 g/mol. The molecule has 0 aliphatic carbocycles. The molecule has 168 valence electrons. The Bertz CT molecular complexity index is 1190. The van der Waals surface area contributed by atoms with Crippen LogP contribution in [-0.4, -0.2) is 60.1 Å². The van der Waals surface area contributed by atoms with Crippen molar-refractivity contribution in [2.45, 2.75) is 31.7 Å². The van der Waals surface area contributed by atoms with E-state index in [4.69, 9.17) is 4.42 Å². The fraction of sp³-hybridized carbons (Fsp3) is 0.455. The van der Waals surface area contributed by atoms with E-state index in [0.29, 0.717) is 22.7 Å². The number of benzene rings is 1. The van der Waals surface area contributed by atoms with Crippen LogP contribution in [0.1, 0.15) is 34.3 Å². The number of carbonyl (C=O) groups excluding carboxylic acids is 2. The highest BCUT2D eigenvalue weighted by atomic mass is 32.2. The van der Waals surface area contributed by atoms with Gasteiger partial charge in [-0.1, -0.05) is 11.8 Å². The molecule has 32 heavy (non-hydrogen) atoms. The summed E-state index contributed by atoms with van der Waals surface area (Å²) in [6.45, 7) is 2.01. The van der Waals surface area contributed by atoms with E-state index < -0.39 is 30.1 Å². The lowest BCUT2D eigenvalue weighted by Gasteiger charge is -2.37. The van der Waals surface area contributed by atoms with E-state index in [1.54, 1.807) is 0 Å². The second-order valence-electron chi connectivity index (χ2n) is 8.16. The molecule has 1 aromatic heterocycles. The van der Waals surface area contributed by atoms with Gasteiger partial charge in [0.05, 0.1) is 13.2 Å². The second kappa shape index (κ2) is 8.59. The number of hydrogen-bond acceptors (Lipinski definition) is 8. The number of hydrogen-bond donors (Lipinski definition) is 3. The normalized spacial score (nSPS) is 18.2. The molecule has 2 amide bonds. The molecule has 2 aromatic rings. The molecule has 9 nitrogen and oxygen atoms in total. The molecule has 0 spiro atoms. The van der Waals surface area contributed by atoms with Gasteiger partial charge >= 0.3 is 5.63 Å². The number of aliphatic hydroxyl groups excluding tert-OH is 1. The molecule has 3 aliphatic heterocycles. The molecule has 0 bridgehead atoms. The van der Waals surface area contributed by atoms with Crippen LogP contribution >= 0.6 is 11.8 Å². The van der Waals surface area contributed by atoms with Gasteiger partial charge in [-0.15, -0.1) is 0 Å². The Kier molecular flexibility index (Phi) is 5.64. The highest BCUT2D eigenvalue weighted by Gasteiger charge is 2.29. The van der Waals surface area contributed by atoms with Crippen molar-refractivity contribution >= 4 is 45.4 Å². The zero-order chi connectivity index (χ0) is 22.2. The van der Waals surface area contributed by atoms with Crippen LogP contribution in [0.4, 0.5) is 5.69 Å². The molecule has 0 radical (unpaired) electrons. The van der Waals surface area contributed by atoms with Gasteiger partial charge in [0.15, 0.2) is 5.17 Å². The van der Waals surface area contributed by atoms with Crippen LogP contribution in [0.15, 0.2) is 26.3 Å². The number of amides is 2. The molecular formula is C22H24N4O5S. The van der Waals surface area contributed by atoms with Crippen molar-refractivity contribution in [3.63, 3.8) is 0 Å². The van der Waals surface area contributed by atoms with Gasteiger partial charge in [-0.2, -0.15) is 0 Å². The molecule has 5 rings (SSSR count). The highest BCUT2D eigenvalue weighted by molar-refractivity contribution is 8.14. The lowest BCUT2D eigenvalue weighted by molar-refractivity contribution is -0.122. The predicted octanol–water partition coefficient (Wildman–Crippen LogP) is 0.802. The quantitative estimate of drug-likeness (QED) is 0.582. The van der Waals surface area contributed by atoms with Crippen LogP contribution in [0, 0.1) is 0 Å². The van der Waals surface area contributed by atoms with Crippen molar-refractivity contribution in [3.05, 3.63) is 39.2 Å². The first-order chi connectivity index (χ1) is 15.5. The Morgan fingerprint density at radius 3 is 2.81 bits per heavy atom. The number of fused-ring (bicyclic) bond motifs is 2. The SMILES string of the molecule is O=C(N[C@@H](CO)C(=O)NC1=NCCS1)c1cc2cc3c4c(c2oc1=O)CCCN4CCC3. The van der Waals surface area contributed by atoms with Crippen molar-refractivity contribution in [3.8, 4) is 0 Å². The fourth-order valence-electron chi connectivity index (χ4n) is 4.64. The molecule has 0 fully saturated rings. The largest absolute Gasteiger partial charge is 0.422 e. The standard InChI is InChI=1S/C22H24N4O5S/c27-11-16(20(29)25-22-23-5-8-32-22)24-19(28)15-10-13-9-12-3-1-6-26-7-2-4-14(17(12)26)18(13)31-21(15)30/h9-10,16,27H,1-8,11H2,(H,24,28)(H,23,25,29)/t16-/m0/s1. The van der Waals surface area contributed by atoms with Gasteiger partial charge in [0.2, 0.25) is 0 Å². The molecule has 3 N–H and O–H groups in total. The van der Waals surface area contributed by atoms with Crippen molar-refractivity contribution in [1.82, 2.24) is 10.6 Å². The number of amidine groups is 1. The molecule has 1 aromatic carbocycles. The van der Waals surface area contributed by atoms with Crippen LogP contribution in [0.3, 0.4) is 0 Å². The minimum Gasteiger partial charge on any atom is -0.422 e. The molecule has 1 atom stereocenters. The third-order valence-corrected chi connectivity index (χ3v) is 6.97. The van der Waals surface area contributed by atoms with Crippen molar-refractivity contribution in [2.75, 3.05) is 36.9 Å². The van der Waals surface area contributed by atoms with E-state index in [2.05, 4.69) is 20.5 Å². The van der Waals surface area contributed by atoms with Crippen LogP contribution in [-0.2, 0) is 17.6 Å². The first-order valence-electron chi connectivity index (χ1n) is 10.8. The molecule has 0 unspecified atom stereocenters. The van der Waals surface area contributed by atoms with Gasteiger partial charge in [-0.05, 0) is 43.4 Å². The average Bonchev–Trinajstić information content (AvgIpc) is 3.30. The summed E-state index contributed by atoms with van der Waals surface area (Å²) in [4.78, 5) is 44.4. The first-order valence-corrected chi connectivity index (χ1v) is 11.8. The Balaban J connectivity index is 1.44. The van der Waals surface area contributed by atoms with Gasteiger partial charge < -0.3 is 25.1 Å². The predicted molar refractivity (Wildman–Crippen MR) is 123 cm³/mol. The zero-order valence-electron chi connectivity index (χ0n) is 17.5. The van der Waals surface area contributed by atoms with Crippen LogP contribution < -0.4 is 21.2 Å². The second-order valence-corrected chi connectivity index (χ2v) is 9.24. The number of carbonyl (C=O) groups is 2. The maximum atomic E-state index is 12.8. The number of rotatable bonds is 4. The van der Waals surface area contributed by atoms with Gasteiger partial charge in [0.1, 0.15) is 17.2 Å². The maximum Gasteiger partial charge on any atom is 0.349 e. The van der Waals surface area contributed by atoms with E-state index in [1.165, 1.54) is 29.1 Å². The Labute approximate surface area is 188 Å². The Morgan fingerprint density at radius 2 is 2.06 bits per heavy atom. The molecule has 0 saturated heterocycles. The number of aryl methyl sites for hydroxylation is 2. The van der Waals surface area contributed by atoms with Crippen LogP contribution in [0.25, 0.3) is 11.0 Å². The molecule has 0 saturated carbocycles. The Hall–Kier alpha value is -2.85. The fourth-order valence-corrected chi connectivity index (χ4v) is 5.37. The average molecular weight is 457 g/mol. The summed E-state index contributed by atoms with van der Waals surface area (Å²) in [5, 5.41) is 15.8. The Morgan fingerprint density at radius 1 is 1.25 bits per heavy atom. The smallest absolute Gasteiger partial charge is 0.349 e. The molecule has 4 heterocycles. The summed E-state index contributed by atoms with van der Waals surface area (Å²) in [7, 11) is 0. The van der Waals surface area contributed by atoms with Gasteiger partial charge in [-0.25, -0.2) is 4.79 Å². The van der Waals surface area contributed by atoms with Crippen LogP contribution in [0.2, 0.25) is 0 Å². The lowest BCUT2D eigenvalue weighted by Crippen LogP contribution is -2.50. The number of anilines is 1. The van der Waals surface area contributed by atoms with Crippen LogP contribution in [0.5, 0.6) is 0 Å². The molecule has 10 heteroatoms. The number of aliphatic imine (C=N–C) groups is 1.